The molecule has 1 fully saturated rings. The van der Waals surface area contributed by atoms with Crippen LogP contribution in [0.25, 0.3) is 12.2 Å². The molecular formula is C24H25F2HfP. The van der Waals surface area contributed by atoms with Gasteiger partial charge in [-0.25, -0.2) is 0 Å². The summed E-state index contributed by atoms with van der Waals surface area (Å²) in [4.78, 5) is 0. The van der Waals surface area contributed by atoms with E-state index in [0.717, 1.165) is 7.35 Å². The number of fused-ring (bicyclic) bond motifs is 6. The third-order valence-electron chi connectivity index (χ3n) is 6.47. The van der Waals surface area contributed by atoms with Gasteiger partial charge in [-0.05, 0) is 0 Å². The number of hydrogen-bond donors (Lipinski definition) is 0. The van der Waals surface area contributed by atoms with Crippen LogP contribution in [0.15, 0.2) is 34.9 Å². The molecule has 0 spiro atoms. The average molecular weight is 561 g/mol. The number of aryl methyl sites for hydroxylation is 4. The third-order valence-corrected chi connectivity index (χ3v) is 17.6. The molecule has 4 heteroatoms. The maximum Gasteiger partial charge on any atom is -1.00 e. The Morgan fingerprint density at radius 2 is 1.11 bits per heavy atom. The molecule has 0 bridgehead atoms. The number of hydrogen-bond acceptors (Lipinski definition) is 0. The van der Waals surface area contributed by atoms with Crippen LogP contribution >= 0.6 is 7.92 Å². The molecule has 0 aromatic heterocycles. The van der Waals surface area contributed by atoms with Crippen LogP contribution in [0.5, 0.6) is 0 Å². The summed E-state index contributed by atoms with van der Waals surface area (Å²) in [5.74, 6) is 0. The maximum atomic E-state index is 2.63. The second-order valence-electron chi connectivity index (χ2n) is 7.97. The van der Waals surface area contributed by atoms with Crippen LogP contribution in [0.2, 0.25) is 0 Å². The van der Waals surface area contributed by atoms with Gasteiger partial charge in [0.15, 0.2) is 0 Å². The summed E-state index contributed by atoms with van der Waals surface area (Å²) in [6.07, 6.45) is 6.57. The third kappa shape index (κ3) is 2.88. The predicted octanol–water partition coefficient (Wildman–Crippen LogP) is 1.02. The van der Waals surface area contributed by atoms with Crippen LogP contribution in [-0.2, 0) is 22.9 Å². The van der Waals surface area contributed by atoms with Crippen molar-refractivity contribution in [2.24, 2.45) is 0 Å². The zero-order chi connectivity index (χ0) is 18.2. The van der Waals surface area contributed by atoms with Crippen molar-refractivity contribution in [3.05, 3.63) is 79.4 Å². The quantitative estimate of drug-likeness (QED) is 0.361. The maximum absolute atomic E-state index is 2.63. The Hall–Kier alpha value is -0.920. The summed E-state index contributed by atoms with van der Waals surface area (Å²) < 4.78 is 1.67. The van der Waals surface area contributed by atoms with E-state index in [-0.39, 0.29) is 17.3 Å². The fourth-order valence-corrected chi connectivity index (χ4v) is 19.1. The molecule has 0 amide bonds. The molecule has 2 unspecified atom stereocenters. The van der Waals surface area contributed by atoms with E-state index in [1.54, 1.807) is 22.3 Å². The number of allylic oxidation sites excluding steroid dienone is 2. The first-order chi connectivity index (χ1) is 12.5. The van der Waals surface area contributed by atoms with Crippen LogP contribution in [-0.4, -0.2) is 6.16 Å². The van der Waals surface area contributed by atoms with Crippen molar-refractivity contribution in [1.82, 2.24) is 0 Å². The zero-order valence-electron chi connectivity index (χ0n) is 17.0. The molecule has 2 aromatic rings. The SMILES string of the molecule is CCP1C2=Cc3c(C)ccc(C)c3[CH]2[Hf+2][CH]2C1=Cc1c(C)ccc(C)c12.[F-].[F-]. The van der Waals surface area contributed by atoms with Gasteiger partial charge in [0, 0.05) is 0 Å². The van der Waals surface area contributed by atoms with E-state index < -0.39 is 22.9 Å². The fraction of sp³-hybridized carbons (Fsp3) is 0.333. The summed E-state index contributed by atoms with van der Waals surface area (Å²) >= 11 is -0.909. The molecule has 1 heterocycles. The van der Waals surface area contributed by atoms with Crippen molar-refractivity contribution in [1.29, 1.82) is 0 Å². The van der Waals surface area contributed by atoms with Crippen molar-refractivity contribution in [2.75, 3.05) is 6.16 Å². The van der Waals surface area contributed by atoms with Gasteiger partial charge >= 0.3 is 171 Å². The average Bonchev–Trinajstić information content (AvgIpc) is 3.19. The van der Waals surface area contributed by atoms with Gasteiger partial charge in [0.1, 0.15) is 0 Å². The van der Waals surface area contributed by atoms with Gasteiger partial charge in [0.2, 0.25) is 0 Å². The van der Waals surface area contributed by atoms with E-state index in [1.807, 2.05) is 10.6 Å². The molecule has 1 aliphatic heterocycles. The van der Waals surface area contributed by atoms with Crippen LogP contribution in [0.3, 0.4) is 0 Å². The first-order valence-corrected chi connectivity index (χ1v) is 15.4. The second-order valence-corrected chi connectivity index (χ2v) is 15.8. The van der Waals surface area contributed by atoms with Crippen LogP contribution in [0.4, 0.5) is 0 Å². The fourth-order valence-electron chi connectivity index (χ4n) is 5.10. The van der Waals surface area contributed by atoms with Crippen molar-refractivity contribution < 1.29 is 32.3 Å². The minimum Gasteiger partial charge on any atom is -1.00 e. The molecule has 0 N–H and O–H groups in total. The van der Waals surface area contributed by atoms with Gasteiger partial charge in [-0.3, -0.25) is 0 Å². The van der Waals surface area contributed by atoms with Gasteiger partial charge in [0.05, 0.1) is 0 Å². The Morgan fingerprint density at radius 3 is 1.50 bits per heavy atom. The smallest absolute Gasteiger partial charge is 1.00 e. The number of rotatable bonds is 1. The Labute approximate surface area is 179 Å². The van der Waals surface area contributed by atoms with E-state index >= 15 is 0 Å². The van der Waals surface area contributed by atoms with E-state index in [9.17, 15) is 0 Å². The summed E-state index contributed by atoms with van der Waals surface area (Å²) in [5, 5.41) is 3.67. The minimum absolute atomic E-state index is 0. The molecule has 2 aliphatic carbocycles. The molecule has 2 aromatic carbocycles. The first-order valence-electron chi connectivity index (χ1n) is 9.68. The van der Waals surface area contributed by atoms with E-state index in [2.05, 4.69) is 71.0 Å². The van der Waals surface area contributed by atoms with Gasteiger partial charge in [0.25, 0.3) is 0 Å². The van der Waals surface area contributed by atoms with Gasteiger partial charge in [-0.2, -0.15) is 0 Å². The largest absolute Gasteiger partial charge is 1.00 e. The van der Waals surface area contributed by atoms with Gasteiger partial charge < -0.3 is 9.41 Å². The van der Waals surface area contributed by atoms with Crippen LogP contribution in [0.1, 0.15) is 58.8 Å². The van der Waals surface area contributed by atoms with Crippen LogP contribution < -0.4 is 9.41 Å². The molecule has 144 valence electrons. The minimum atomic E-state index is -0.909. The number of benzene rings is 2. The van der Waals surface area contributed by atoms with Crippen molar-refractivity contribution >= 4 is 20.1 Å². The zero-order valence-corrected chi connectivity index (χ0v) is 21.5. The molecule has 0 nitrogen and oxygen atoms in total. The van der Waals surface area contributed by atoms with E-state index in [0.29, 0.717) is 0 Å². The van der Waals surface area contributed by atoms with E-state index in [1.165, 1.54) is 28.4 Å². The Kier molecular flexibility index (Phi) is 6.01. The topological polar surface area (TPSA) is 0 Å². The molecular weight excluding hydrogens is 536 g/mol. The van der Waals surface area contributed by atoms with Crippen molar-refractivity contribution in [3.63, 3.8) is 0 Å². The molecule has 0 saturated carbocycles. The normalized spacial score (nSPS) is 22.8. The molecule has 2 atom stereocenters. The Bertz CT molecular complexity index is 942. The van der Waals surface area contributed by atoms with E-state index in [4.69, 9.17) is 0 Å². The first kappa shape index (κ1) is 21.8. The Balaban J connectivity index is 0.00000112. The molecule has 1 saturated heterocycles. The summed E-state index contributed by atoms with van der Waals surface area (Å²) in [5.41, 5.74) is 12.6. The standard InChI is InChI=1S/C24H25P.2FH.Hf/c1-6-25(19-11-21-15(2)7-8-16(3)22(21)12-19)20-13-23-17(4)9-10-18(5)24(23)14-20;;;/h7-14H,6H2,1-5H3;2*1H;/q;;;+2/p-2. The molecule has 5 rings (SSSR count). The Morgan fingerprint density at radius 1 is 0.714 bits per heavy atom. The van der Waals surface area contributed by atoms with Gasteiger partial charge in [-0.1, -0.05) is 0 Å². The summed E-state index contributed by atoms with van der Waals surface area (Å²) in [6, 6.07) is 9.39. The second kappa shape index (κ2) is 7.73. The summed E-state index contributed by atoms with van der Waals surface area (Å²) in [6.45, 7) is 11.7. The summed E-state index contributed by atoms with van der Waals surface area (Å²) in [7, 11) is -0.122. The van der Waals surface area contributed by atoms with Crippen molar-refractivity contribution in [3.8, 4) is 0 Å². The number of halogens is 2. The molecule has 0 radical (unpaired) electrons. The van der Waals surface area contributed by atoms with Gasteiger partial charge in [-0.15, -0.1) is 0 Å². The predicted molar refractivity (Wildman–Crippen MR) is 111 cm³/mol. The van der Waals surface area contributed by atoms with Crippen molar-refractivity contribution in [2.45, 2.75) is 42.0 Å². The monoisotopic (exact) mass is 562 g/mol. The molecule has 28 heavy (non-hydrogen) atoms. The van der Waals surface area contributed by atoms with Crippen LogP contribution in [0, 0.1) is 27.7 Å². The molecule has 3 aliphatic rings.